The van der Waals surface area contributed by atoms with E-state index in [2.05, 4.69) is 27.1 Å². The van der Waals surface area contributed by atoms with Crippen LogP contribution in [-0.4, -0.2) is 15.0 Å². The van der Waals surface area contributed by atoms with Gasteiger partial charge in [-0.25, -0.2) is 9.97 Å². The number of anilines is 1. The molecular weight excluding hydrogens is 312 g/mol. The Hall–Kier alpha value is -3.47. The Balaban J connectivity index is 1.94. The molecule has 0 radical (unpaired) electrons. The standard InChI is InChI=1S/C20H16N4O/c21-20-23-18(15-6-9-22-10-7-15)17(12-14-4-2-1-3-5-14)19(24-20)16-8-11-25-13-16/h1-11,13H,12H2,(H2,21,23,24). The number of pyridine rings is 1. The summed E-state index contributed by atoms with van der Waals surface area (Å²) in [5, 5.41) is 0. The molecule has 0 aliphatic heterocycles. The van der Waals surface area contributed by atoms with Crippen LogP contribution in [0.1, 0.15) is 11.1 Å². The maximum Gasteiger partial charge on any atom is 0.221 e. The number of aromatic nitrogens is 3. The first-order valence-electron chi connectivity index (χ1n) is 7.94. The average Bonchev–Trinajstić information content (AvgIpc) is 3.19. The fourth-order valence-electron chi connectivity index (χ4n) is 2.86. The third kappa shape index (κ3) is 3.12. The molecule has 5 heteroatoms. The predicted octanol–water partition coefficient (Wildman–Crippen LogP) is 3.97. The van der Waals surface area contributed by atoms with Gasteiger partial charge in [-0.05, 0) is 23.8 Å². The smallest absolute Gasteiger partial charge is 0.221 e. The first-order valence-corrected chi connectivity index (χ1v) is 7.94. The SMILES string of the molecule is Nc1nc(-c2ccncc2)c(Cc2ccccc2)c(-c2ccoc2)n1. The number of benzene rings is 1. The second-order valence-corrected chi connectivity index (χ2v) is 5.67. The summed E-state index contributed by atoms with van der Waals surface area (Å²) in [6.45, 7) is 0. The molecule has 4 rings (SSSR count). The monoisotopic (exact) mass is 328 g/mol. The summed E-state index contributed by atoms with van der Waals surface area (Å²) in [4.78, 5) is 13.1. The molecule has 2 N–H and O–H groups in total. The van der Waals surface area contributed by atoms with Gasteiger partial charge in [-0.3, -0.25) is 4.98 Å². The molecule has 0 saturated heterocycles. The normalized spacial score (nSPS) is 10.7. The molecule has 0 unspecified atom stereocenters. The van der Waals surface area contributed by atoms with Gasteiger partial charge >= 0.3 is 0 Å². The van der Waals surface area contributed by atoms with Gasteiger partial charge in [0.1, 0.15) is 0 Å². The highest BCUT2D eigenvalue weighted by Gasteiger charge is 2.17. The highest BCUT2D eigenvalue weighted by atomic mass is 16.3. The molecule has 0 fully saturated rings. The van der Waals surface area contributed by atoms with Crippen molar-refractivity contribution in [3.63, 3.8) is 0 Å². The van der Waals surface area contributed by atoms with E-state index in [0.717, 1.165) is 28.1 Å². The molecule has 5 nitrogen and oxygen atoms in total. The fourth-order valence-corrected chi connectivity index (χ4v) is 2.86. The van der Waals surface area contributed by atoms with Gasteiger partial charge in [0.25, 0.3) is 0 Å². The summed E-state index contributed by atoms with van der Waals surface area (Å²) in [5.41, 5.74) is 11.6. The van der Waals surface area contributed by atoms with Crippen LogP contribution < -0.4 is 5.73 Å². The minimum absolute atomic E-state index is 0.236. The summed E-state index contributed by atoms with van der Waals surface area (Å²) >= 11 is 0. The van der Waals surface area contributed by atoms with Crippen molar-refractivity contribution in [3.8, 4) is 22.5 Å². The molecule has 0 aliphatic rings. The van der Waals surface area contributed by atoms with Crippen molar-refractivity contribution in [2.45, 2.75) is 6.42 Å². The van der Waals surface area contributed by atoms with Crippen LogP contribution in [-0.2, 0) is 6.42 Å². The molecule has 122 valence electrons. The highest BCUT2D eigenvalue weighted by molar-refractivity contribution is 5.74. The average molecular weight is 328 g/mol. The zero-order valence-electron chi connectivity index (χ0n) is 13.5. The summed E-state index contributed by atoms with van der Waals surface area (Å²) in [6.07, 6.45) is 7.49. The van der Waals surface area contributed by atoms with Crippen molar-refractivity contribution in [3.05, 3.63) is 84.6 Å². The minimum atomic E-state index is 0.236. The van der Waals surface area contributed by atoms with E-state index in [1.54, 1.807) is 24.9 Å². The van der Waals surface area contributed by atoms with Crippen LogP contribution in [0.15, 0.2) is 77.9 Å². The van der Waals surface area contributed by atoms with Crippen molar-refractivity contribution >= 4 is 5.95 Å². The van der Waals surface area contributed by atoms with Gasteiger partial charge in [0, 0.05) is 35.5 Å². The van der Waals surface area contributed by atoms with Crippen LogP contribution in [0.25, 0.3) is 22.5 Å². The van der Waals surface area contributed by atoms with Crippen LogP contribution in [0, 0.1) is 0 Å². The lowest BCUT2D eigenvalue weighted by Gasteiger charge is -2.14. The van der Waals surface area contributed by atoms with E-state index in [-0.39, 0.29) is 5.95 Å². The minimum Gasteiger partial charge on any atom is -0.472 e. The Labute approximate surface area is 145 Å². The molecule has 0 amide bonds. The largest absolute Gasteiger partial charge is 0.472 e. The van der Waals surface area contributed by atoms with Gasteiger partial charge in [0.15, 0.2) is 0 Å². The summed E-state index contributed by atoms with van der Waals surface area (Å²) < 4.78 is 5.25. The van der Waals surface area contributed by atoms with Crippen LogP contribution in [0.2, 0.25) is 0 Å². The Bertz CT molecular complexity index is 968. The Morgan fingerprint density at radius 3 is 2.24 bits per heavy atom. The van der Waals surface area contributed by atoms with Crippen LogP contribution in [0.3, 0.4) is 0 Å². The lowest BCUT2D eigenvalue weighted by Crippen LogP contribution is -2.05. The van der Waals surface area contributed by atoms with Crippen LogP contribution in [0.4, 0.5) is 5.95 Å². The Morgan fingerprint density at radius 1 is 0.840 bits per heavy atom. The van der Waals surface area contributed by atoms with E-state index in [1.165, 1.54) is 5.56 Å². The first-order chi connectivity index (χ1) is 12.3. The van der Waals surface area contributed by atoms with Gasteiger partial charge in [-0.1, -0.05) is 30.3 Å². The van der Waals surface area contributed by atoms with Gasteiger partial charge in [0.05, 0.1) is 23.9 Å². The number of hydrogen-bond acceptors (Lipinski definition) is 5. The van der Waals surface area contributed by atoms with E-state index < -0.39 is 0 Å². The molecule has 0 spiro atoms. The topological polar surface area (TPSA) is 77.8 Å². The maximum absolute atomic E-state index is 6.00. The molecular formula is C20H16N4O. The maximum atomic E-state index is 6.00. The van der Waals surface area contributed by atoms with Gasteiger partial charge in [-0.2, -0.15) is 0 Å². The predicted molar refractivity (Wildman–Crippen MR) is 96.6 cm³/mol. The van der Waals surface area contributed by atoms with E-state index in [4.69, 9.17) is 10.2 Å². The fraction of sp³-hybridized carbons (Fsp3) is 0.0500. The van der Waals surface area contributed by atoms with Gasteiger partial charge in [0.2, 0.25) is 5.95 Å². The number of nitrogens with zero attached hydrogens (tertiary/aromatic N) is 3. The number of furan rings is 1. The Kier molecular flexibility index (Phi) is 3.96. The zero-order chi connectivity index (χ0) is 17.1. The third-order valence-corrected chi connectivity index (χ3v) is 4.00. The summed E-state index contributed by atoms with van der Waals surface area (Å²) in [7, 11) is 0. The highest BCUT2D eigenvalue weighted by Crippen LogP contribution is 2.32. The van der Waals surface area contributed by atoms with E-state index in [9.17, 15) is 0 Å². The van der Waals surface area contributed by atoms with Crippen molar-refractivity contribution in [1.29, 1.82) is 0 Å². The molecule has 0 saturated carbocycles. The van der Waals surface area contributed by atoms with Gasteiger partial charge < -0.3 is 10.2 Å². The lowest BCUT2D eigenvalue weighted by molar-refractivity contribution is 0.568. The van der Waals surface area contributed by atoms with Crippen LogP contribution in [0.5, 0.6) is 0 Å². The van der Waals surface area contributed by atoms with Crippen LogP contribution >= 0.6 is 0 Å². The van der Waals surface area contributed by atoms with E-state index in [1.807, 2.05) is 36.4 Å². The molecule has 3 aromatic heterocycles. The quantitative estimate of drug-likeness (QED) is 0.613. The van der Waals surface area contributed by atoms with E-state index >= 15 is 0 Å². The number of hydrogen-bond donors (Lipinski definition) is 1. The van der Waals surface area contributed by atoms with E-state index in [0.29, 0.717) is 6.42 Å². The van der Waals surface area contributed by atoms with Gasteiger partial charge in [-0.15, -0.1) is 0 Å². The first kappa shape index (κ1) is 15.1. The Morgan fingerprint density at radius 2 is 1.56 bits per heavy atom. The number of nitrogen functional groups attached to an aromatic ring is 1. The molecule has 1 aromatic carbocycles. The van der Waals surface area contributed by atoms with Crippen molar-refractivity contribution in [2.75, 3.05) is 5.73 Å². The molecule has 0 bridgehead atoms. The van der Waals surface area contributed by atoms with Crippen molar-refractivity contribution in [2.24, 2.45) is 0 Å². The summed E-state index contributed by atoms with van der Waals surface area (Å²) in [5.74, 6) is 0.236. The molecule has 4 aromatic rings. The second kappa shape index (κ2) is 6.57. The molecule has 3 heterocycles. The number of rotatable bonds is 4. The van der Waals surface area contributed by atoms with Crippen molar-refractivity contribution < 1.29 is 4.42 Å². The lowest BCUT2D eigenvalue weighted by atomic mass is 9.96. The second-order valence-electron chi connectivity index (χ2n) is 5.67. The zero-order valence-corrected chi connectivity index (χ0v) is 13.5. The summed E-state index contributed by atoms with van der Waals surface area (Å²) in [6, 6.07) is 16.0. The van der Waals surface area contributed by atoms with Crippen molar-refractivity contribution in [1.82, 2.24) is 15.0 Å². The molecule has 0 aliphatic carbocycles. The number of nitrogens with two attached hydrogens (primary N) is 1. The molecule has 25 heavy (non-hydrogen) atoms. The third-order valence-electron chi connectivity index (χ3n) is 4.00. The molecule has 0 atom stereocenters.